The van der Waals surface area contributed by atoms with E-state index in [1.54, 1.807) is 0 Å². The van der Waals surface area contributed by atoms with Gasteiger partial charge in [-0.05, 0) is 27.2 Å². The maximum atomic E-state index is 9.46. The van der Waals surface area contributed by atoms with Crippen molar-refractivity contribution in [3.05, 3.63) is 0 Å². The fourth-order valence-corrected chi connectivity index (χ4v) is 1.38. The maximum absolute atomic E-state index is 9.46. The average molecular weight is 159 g/mol. The second kappa shape index (κ2) is 4.07. The van der Waals surface area contributed by atoms with E-state index >= 15 is 0 Å². The summed E-state index contributed by atoms with van der Waals surface area (Å²) in [7, 11) is 0. The van der Waals surface area contributed by atoms with E-state index in [4.69, 9.17) is 0 Å². The van der Waals surface area contributed by atoms with Crippen LogP contribution in [0.2, 0.25) is 0 Å². The molecule has 11 heavy (non-hydrogen) atoms. The van der Waals surface area contributed by atoms with Gasteiger partial charge in [0.25, 0.3) is 0 Å². The fourth-order valence-electron chi connectivity index (χ4n) is 1.38. The minimum atomic E-state index is -0.554. The molecular formula is C9H21NO. The van der Waals surface area contributed by atoms with E-state index in [0.29, 0.717) is 12.1 Å². The van der Waals surface area contributed by atoms with Gasteiger partial charge in [0.05, 0.1) is 5.60 Å². The predicted octanol–water partition coefficient (Wildman–Crippen LogP) is 1.53. The summed E-state index contributed by atoms with van der Waals surface area (Å²) in [5, 5.41) is 12.8. The van der Waals surface area contributed by atoms with Gasteiger partial charge in [-0.25, -0.2) is 0 Å². The first-order valence-electron chi connectivity index (χ1n) is 4.29. The van der Waals surface area contributed by atoms with Crippen molar-refractivity contribution >= 4 is 0 Å². The van der Waals surface area contributed by atoms with E-state index in [-0.39, 0.29) is 0 Å². The molecule has 0 aromatic heterocycles. The van der Waals surface area contributed by atoms with Crippen molar-refractivity contribution in [1.29, 1.82) is 0 Å². The summed E-state index contributed by atoms with van der Waals surface area (Å²) in [5.41, 5.74) is -0.554. The van der Waals surface area contributed by atoms with Crippen molar-refractivity contribution in [3.63, 3.8) is 0 Å². The van der Waals surface area contributed by atoms with Crippen LogP contribution >= 0.6 is 0 Å². The van der Waals surface area contributed by atoms with Gasteiger partial charge in [-0.15, -0.1) is 0 Å². The molecule has 2 nitrogen and oxygen atoms in total. The van der Waals surface area contributed by atoms with Gasteiger partial charge in [0.15, 0.2) is 0 Å². The molecule has 0 amide bonds. The highest BCUT2D eigenvalue weighted by Gasteiger charge is 2.16. The molecule has 68 valence electrons. The molecule has 0 heterocycles. The zero-order chi connectivity index (χ0) is 9.07. The smallest absolute Gasteiger partial charge is 0.0606 e. The third-order valence-corrected chi connectivity index (χ3v) is 1.42. The summed E-state index contributed by atoms with van der Waals surface area (Å²) in [4.78, 5) is 0. The van der Waals surface area contributed by atoms with E-state index in [2.05, 4.69) is 26.1 Å². The second-order valence-corrected chi connectivity index (χ2v) is 4.24. The van der Waals surface area contributed by atoms with Gasteiger partial charge in [0.2, 0.25) is 0 Å². The fraction of sp³-hybridized carbons (Fsp3) is 1.00. The summed E-state index contributed by atoms with van der Waals surface area (Å²) in [5.74, 6) is 0. The highest BCUT2D eigenvalue weighted by Crippen LogP contribution is 2.10. The molecule has 0 saturated heterocycles. The lowest BCUT2D eigenvalue weighted by atomic mass is 10.00. The van der Waals surface area contributed by atoms with E-state index in [0.717, 1.165) is 6.42 Å². The zero-order valence-electron chi connectivity index (χ0n) is 8.31. The minimum Gasteiger partial charge on any atom is -0.390 e. The van der Waals surface area contributed by atoms with Crippen LogP contribution < -0.4 is 5.32 Å². The number of rotatable bonds is 4. The van der Waals surface area contributed by atoms with E-state index in [1.807, 2.05) is 13.8 Å². The molecule has 0 aliphatic heterocycles. The van der Waals surface area contributed by atoms with Gasteiger partial charge in [0.1, 0.15) is 0 Å². The van der Waals surface area contributed by atoms with Crippen LogP contribution in [-0.2, 0) is 0 Å². The van der Waals surface area contributed by atoms with Gasteiger partial charge in [-0.3, -0.25) is 0 Å². The molecule has 1 atom stereocenters. The summed E-state index contributed by atoms with van der Waals surface area (Å²) >= 11 is 0. The first-order valence-corrected chi connectivity index (χ1v) is 4.29. The lowest BCUT2D eigenvalue weighted by Gasteiger charge is -2.24. The molecule has 1 unspecified atom stereocenters. The Morgan fingerprint density at radius 2 is 1.73 bits per heavy atom. The van der Waals surface area contributed by atoms with Crippen LogP contribution in [0.1, 0.15) is 41.0 Å². The molecule has 0 aromatic carbocycles. The van der Waals surface area contributed by atoms with Crippen LogP contribution in [0.5, 0.6) is 0 Å². The molecular weight excluding hydrogens is 138 g/mol. The van der Waals surface area contributed by atoms with Crippen molar-refractivity contribution < 1.29 is 5.11 Å². The molecule has 2 heteroatoms. The highest BCUT2D eigenvalue weighted by atomic mass is 16.3. The van der Waals surface area contributed by atoms with Crippen LogP contribution in [0.15, 0.2) is 0 Å². The molecule has 0 aromatic rings. The summed E-state index contributed by atoms with van der Waals surface area (Å²) in [6.07, 6.45) is 0.797. The van der Waals surface area contributed by atoms with Gasteiger partial charge in [0, 0.05) is 12.1 Å². The standard InChI is InChI=1S/C9H21NO/c1-7(2)10-8(3)6-9(4,5)11/h7-8,10-11H,6H2,1-5H3. The summed E-state index contributed by atoms with van der Waals surface area (Å²) in [6.45, 7) is 10.00. The molecule has 0 saturated carbocycles. The van der Waals surface area contributed by atoms with Crippen molar-refractivity contribution in [2.24, 2.45) is 0 Å². The van der Waals surface area contributed by atoms with E-state index in [9.17, 15) is 5.11 Å². The lowest BCUT2D eigenvalue weighted by molar-refractivity contribution is 0.0604. The van der Waals surface area contributed by atoms with Gasteiger partial charge >= 0.3 is 0 Å². The van der Waals surface area contributed by atoms with E-state index < -0.39 is 5.60 Å². The van der Waals surface area contributed by atoms with Crippen molar-refractivity contribution in [2.75, 3.05) is 0 Å². The van der Waals surface area contributed by atoms with Gasteiger partial charge in [-0.1, -0.05) is 13.8 Å². The largest absolute Gasteiger partial charge is 0.390 e. The zero-order valence-corrected chi connectivity index (χ0v) is 8.31. The summed E-state index contributed by atoms with van der Waals surface area (Å²) in [6, 6.07) is 0.877. The van der Waals surface area contributed by atoms with Crippen LogP contribution in [0.25, 0.3) is 0 Å². The molecule has 0 spiro atoms. The number of hydrogen-bond acceptors (Lipinski definition) is 2. The van der Waals surface area contributed by atoms with Gasteiger partial charge in [-0.2, -0.15) is 0 Å². The molecule has 0 aliphatic rings. The molecule has 0 radical (unpaired) electrons. The van der Waals surface area contributed by atoms with Crippen LogP contribution in [0.3, 0.4) is 0 Å². The molecule has 0 fully saturated rings. The molecule has 0 rings (SSSR count). The van der Waals surface area contributed by atoms with Crippen LogP contribution in [0, 0.1) is 0 Å². The van der Waals surface area contributed by atoms with Crippen molar-refractivity contribution in [2.45, 2.75) is 58.7 Å². The predicted molar refractivity (Wildman–Crippen MR) is 48.6 cm³/mol. The van der Waals surface area contributed by atoms with Crippen molar-refractivity contribution in [3.8, 4) is 0 Å². The minimum absolute atomic E-state index is 0.384. The Bertz CT molecular complexity index is 105. The Morgan fingerprint density at radius 1 is 1.27 bits per heavy atom. The number of hydrogen-bond donors (Lipinski definition) is 2. The Kier molecular flexibility index (Phi) is 4.04. The van der Waals surface area contributed by atoms with Crippen LogP contribution in [0.4, 0.5) is 0 Å². The maximum Gasteiger partial charge on any atom is 0.0606 e. The Balaban J connectivity index is 3.61. The molecule has 2 N–H and O–H groups in total. The number of nitrogens with one attached hydrogen (secondary N) is 1. The number of aliphatic hydroxyl groups is 1. The monoisotopic (exact) mass is 159 g/mol. The van der Waals surface area contributed by atoms with E-state index in [1.165, 1.54) is 0 Å². The highest BCUT2D eigenvalue weighted by molar-refractivity contribution is 4.74. The average Bonchev–Trinajstić information content (AvgIpc) is 1.53. The quantitative estimate of drug-likeness (QED) is 0.652. The molecule has 0 aliphatic carbocycles. The Morgan fingerprint density at radius 3 is 2.00 bits per heavy atom. The lowest BCUT2D eigenvalue weighted by Crippen LogP contribution is -2.37. The topological polar surface area (TPSA) is 32.3 Å². The van der Waals surface area contributed by atoms with Gasteiger partial charge < -0.3 is 10.4 Å². The van der Waals surface area contributed by atoms with Crippen molar-refractivity contribution in [1.82, 2.24) is 5.32 Å². The summed E-state index contributed by atoms with van der Waals surface area (Å²) < 4.78 is 0. The third-order valence-electron chi connectivity index (χ3n) is 1.42. The third kappa shape index (κ3) is 7.82. The first-order chi connectivity index (χ1) is 4.81. The SMILES string of the molecule is CC(C)NC(C)CC(C)(C)O. The Labute approximate surface area is 70.0 Å². The molecule has 0 bridgehead atoms. The Hall–Kier alpha value is -0.0800. The first kappa shape index (κ1) is 10.9. The van der Waals surface area contributed by atoms with Crippen LogP contribution in [-0.4, -0.2) is 22.8 Å². The second-order valence-electron chi connectivity index (χ2n) is 4.24. The normalized spacial score (nSPS) is 15.5.